The zero-order valence-electron chi connectivity index (χ0n) is 16.5. The number of halogens is 3. The van der Waals surface area contributed by atoms with Crippen molar-refractivity contribution in [2.75, 3.05) is 42.9 Å². The smallest absolute Gasteiger partial charge is 0.380 e. The zero-order valence-corrected chi connectivity index (χ0v) is 17.3. The number of piperazine rings is 1. The molecule has 1 aromatic carbocycles. The summed E-state index contributed by atoms with van der Waals surface area (Å²) in [6.07, 6.45) is -3.10. The summed E-state index contributed by atoms with van der Waals surface area (Å²) in [6, 6.07) is 6.32. The summed E-state index contributed by atoms with van der Waals surface area (Å²) in [7, 11) is -4.24. The standard InChI is InChI=1S/C19H24F3N5O2S/c1-2-26-7-9-27(10-8-26)18-6-3-14(13-25-18)12-24-17-5-4-15(30(23,28)29)11-16(17)19(20,21)22/h3-6,11,13,24H,2,7-10,12H2,1H3,(H2,23,28,29). The molecule has 1 aliphatic heterocycles. The van der Waals surface area contributed by atoms with Crippen LogP contribution in [-0.4, -0.2) is 51.0 Å². The summed E-state index contributed by atoms with van der Waals surface area (Å²) in [5.41, 5.74) is -0.614. The van der Waals surface area contributed by atoms with Gasteiger partial charge in [-0.25, -0.2) is 18.5 Å². The molecule has 1 fully saturated rings. The SMILES string of the molecule is CCN1CCN(c2ccc(CNc3ccc(S(N)(=O)=O)cc3C(F)(F)F)cn2)CC1. The van der Waals surface area contributed by atoms with Gasteiger partial charge < -0.3 is 15.1 Å². The highest BCUT2D eigenvalue weighted by Crippen LogP contribution is 2.36. The molecule has 0 aliphatic carbocycles. The van der Waals surface area contributed by atoms with Crippen molar-refractivity contribution < 1.29 is 21.6 Å². The molecule has 0 bridgehead atoms. The van der Waals surface area contributed by atoms with Gasteiger partial charge in [-0.2, -0.15) is 13.2 Å². The summed E-state index contributed by atoms with van der Waals surface area (Å²) in [6.45, 7) is 6.95. The Morgan fingerprint density at radius 1 is 1.13 bits per heavy atom. The largest absolute Gasteiger partial charge is 0.418 e. The van der Waals surface area contributed by atoms with Gasteiger partial charge in [0.25, 0.3) is 0 Å². The summed E-state index contributed by atoms with van der Waals surface area (Å²) < 4.78 is 62.8. The van der Waals surface area contributed by atoms with E-state index in [2.05, 4.69) is 27.0 Å². The Hall–Kier alpha value is -2.37. The molecule has 11 heteroatoms. The van der Waals surface area contributed by atoms with Crippen LogP contribution in [0.4, 0.5) is 24.7 Å². The molecular formula is C19H24F3N5O2S. The number of primary sulfonamides is 1. The molecule has 164 valence electrons. The van der Waals surface area contributed by atoms with E-state index in [1.165, 1.54) is 0 Å². The van der Waals surface area contributed by atoms with Gasteiger partial charge in [-0.15, -0.1) is 0 Å². The Morgan fingerprint density at radius 3 is 2.37 bits per heavy atom. The van der Waals surface area contributed by atoms with E-state index in [1.807, 2.05) is 12.1 Å². The average molecular weight is 443 g/mol. The maximum Gasteiger partial charge on any atom is 0.418 e. The number of anilines is 2. The van der Waals surface area contributed by atoms with Crippen LogP contribution in [-0.2, 0) is 22.7 Å². The van der Waals surface area contributed by atoms with Gasteiger partial charge in [0.1, 0.15) is 5.82 Å². The molecule has 1 aromatic heterocycles. The van der Waals surface area contributed by atoms with Crippen molar-refractivity contribution in [2.24, 2.45) is 5.14 Å². The van der Waals surface area contributed by atoms with Crippen molar-refractivity contribution in [3.8, 4) is 0 Å². The van der Waals surface area contributed by atoms with E-state index in [0.29, 0.717) is 11.6 Å². The first-order chi connectivity index (χ1) is 14.1. The van der Waals surface area contributed by atoms with E-state index in [9.17, 15) is 21.6 Å². The van der Waals surface area contributed by atoms with Crippen molar-refractivity contribution in [3.05, 3.63) is 47.7 Å². The molecule has 0 saturated carbocycles. The van der Waals surface area contributed by atoms with Gasteiger partial charge >= 0.3 is 6.18 Å². The normalized spacial score (nSPS) is 16.0. The van der Waals surface area contributed by atoms with Gasteiger partial charge in [0.2, 0.25) is 10.0 Å². The number of nitrogens with one attached hydrogen (secondary N) is 1. The Labute approximate surface area is 173 Å². The second-order valence-electron chi connectivity index (χ2n) is 7.05. The van der Waals surface area contributed by atoms with Gasteiger partial charge in [0, 0.05) is 44.6 Å². The lowest BCUT2D eigenvalue weighted by atomic mass is 10.1. The van der Waals surface area contributed by atoms with Gasteiger partial charge in [-0.3, -0.25) is 0 Å². The van der Waals surface area contributed by atoms with Crippen LogP contribution in [0.1, 0.15) is 18.1 Å². The van der Waals surface area contributed by atoms with Crippen LogP contribution in [0.3, 0.4) is 0 Å². The lowest BCUT2D eigenvalue weighted by Gasteiger charge is -2.34. The molecule has 7 nitrogen and oxygen atoms in total. The zero-order chi connectivity index (χ0) is 21.9. The monoisotopic (exact) mass is 443 g/mol. The van der Waals surface area contributed by atoms with E-state index in [-0.39, 0.29) is 12.2 Å². The van der Waals surface area contributed by atoms with E-state index >= 15 is 0 Å². The predicted octanol–water partition coefficient (Wildman–Crippen LogP) is 2.50. The first kappa shape index (κ1) is 22.3. The number of pyridine rings is 1. The fraction of sp³-hybridized carbons (Fsp3) is 0.421. The quantitative estimate of drug-likeness (QED) is 0.713. The Kier molecular flexibility index (Phi) is 6.53. The molecule has 2 heterocycles. The average Bonchev–Trinajstić information content (AvgIpc) is 2.71. The molecule has 0 radical (unpaired) electrons. The second-order valence-corrected chi connectivity index (χ2v) is 8.61. The third-order valence-corrected chi connectivity index (χ3v) is 5.97. The molecule has 30 heavy (non-hydrogen) atoms. The Bertz CT molecular complexity index is 973. The van der Waals surface area contributed by atoms with Crippen LogP contribution in [0.15, 0.2) is 41.4 Å². The van der Waals surface area contributed by atoms with Crippen molar-refractivity contribution in [2.45, 2.75) is 24.5 Å². The highest BCUT2D eigenvalue weighted by atomic mass is 32.2. The summed E-state index contributed by atoms with van der Waals surface area (Å²) in [5.74, 6) is 0.836. The predicted molar refractivity (Wildman–Crippen MR) is 109 cm³/mol. The van der Waals surface area contributed by atoms with Gasteiger partial charge in [0.15, 0.2) is 0 Å². The van der Waals surface area contributed by atoms with Crippen LogP contribution in [0, 0.1) is 0 Å². The van der Waals surface area contributed by atoms with Crippen LogP contribution in [0.2, 0.25) is 0 Å². The van der Waals surface area contributed by atoms with Crippen molar-refractivity contribution in [1.29, 1.82) is 0 Å². The first-order valence-corrected chi connectivity index (χ1v) is 11.0. The molecule has 1 aliphatic rings. The minimum absolute atomic E-state index is 0.106. The van der Waals surface area contributed by atoms with Crippen LogP contribution in [0.5, 0.6) is 0 Å². The molecule has 0 atom stereocenters. The molecule has 3 N–H and O–H groups in total. The number of likely N-dealkylation sites (N-methyl/N-ethyl adjacent to an activating group) is 1. The Morgan fingerprint density at radius 2 is 1.83 bits per heavy atom. The lowest BCUT2D eigenvalue weighted by molar-refractivity contribution is -0.137. The number of hydrogen-bond acceptors (Lipinski definition) is 6. The fourth-order valence-corrected chi connectivity index (χ4v) is 3.83. The number of benzene rings is 1. The van der Waals surface area contributed by atoms with Gasteiger partial charge in [-0.1, -0.05) is 13.0 Å². The number of alkyl halides is 3. The topological polar surface area (TPSA) is 91.6 Å². The van der Waals surface area contributed by atoms with E-state index in [0.717, 1.165) is 50.7 Å². The van der Waals surface area contributed by atoms with E-state index < -0.39 is 26.7 Å². The molecule has 1 saturated heterocycles. The van der Waals surface area contributed by atoms with Gasteiger partial charge in [0.05, 0.1) is 10.5 Å². The third kappa shape index (κ3) is 5.41. The number of rotatable bonds is 6. The highest BCUT2D eigenvalue weighted by molar-refractivity contribution is 7.89. The second kappa shape index (κ2) is 8.78. The van der Waals surface area contributed by atoms with E-state index in [4.69, 9.17) is 5.14 Å². The van der Waals surface area contributed by atoms with Crippen molar-refractivity contribution >= 4 is 21.5 Å². The maximum absolute atomic E-state index is 13.4. The van der Waals surface area contributed by atoms with Crippen LogP contribution in [0.25, 0.3) is 0 Å². The number of nitrogens with zero attached hydrogens (tertiary/aromatic N) is 3. The van der Waals surface area contributed by atoms with Crippen LogP contribution < -0.4 is 15.4 Å². The summed E-state index contributed by atoms with van der Waals surface area (Å²) in [5, 5.41) is 7.66. The third-order valence-electron chi connectivity index (χ3n) is 5.06. The summed E-state index contributed by atoms with van der Waals surface area (Å²) >= 11 is 0. The number of aromatic nitrogens is 1. The lowest BCUT2D eigenvalue weighted by Crippen LogP contribution is -2.46. The molecule has 2 aromatic rings. The fourth-order valence-electron chi connectivity index (χ4n) is 3.29. The summed E-state index contributed by atoms with van der Waals surface area (Å²) in [4.78, 5) is 8.38. The maximum atomic E-state index is 13.4. The minimum atomic E-state index is -4.73. The van der Waals surface area contributed by atoms with Gasteiger partial charge in [-0.05, 0) is 36.4 Å². The highest BCUT2D eigenvalue weighted by Gasteiger charge is 2.34. The molecule has 0 amide bonds. The number of hydrogen-bond donors (Lipinski definition) is 2. The minimum Gasteiger partial charge on any atom is -0.380 e. The number of sulfonamides is 1. The van der Waals surface area contributed by atoms with Crippen molar-refractivity contribution in [1.82, 2.24) is 9.88 Å². The molecular weight excluding hydrogens is 419 g/mol. The Balaban J connectivity index is 1.70. The van der Waals surface area contributed by atoms with Crippen LogP contribution >= 0.6 is 0 Å². The first-order valence-electron chi connectivity index (χ1n) is 9.48. The number of nitrogens with two attached hydrogens (primary N) is 1. The molecule has 0 unspecified atom stereocenters. The van der Waals surface area contributed by atoms with Crippen molar-refractivity contribution in [3.63, 3.8) is 0 Å². The molecule has 0 spiro atoms. The molecule has 3 rings (SSSR count). The van der Waals surface area contributed by atoms with E-state index in [1.54, 1.807) is 6.20 Å².